The number of hydrogen-bond acceptors (Lipinski definition) is 7. The topological polar surface area (TPSA) is 103 Å². The minimum absolute atomic E-state index is 0.0404. The summed E-state index contributed by atoms with van der Waals surface area (Å²) in [5, 5.41) is 14.8. The lowest BCUT2D eigenvalue weighted by Crippen LogP contribution is -1.97. The van der Waals surface area contributed by atoms with Crippen LogP contribution in [0.15, 0.2) is 66.0 Å². The molecule has 0 unspecified atom stereocenters. The van der Waals surface area contributed by atoms with E-state index in [4.69, 9.17) is 4.74 Å². The fourth-order valence-electron chi connectivity index (χ4n) is 2.24. The Morgan fingerprint density at radius 3 is 2.42 bits per heavy atom. The summed E-state index contributed by atoms with van der Waals surface area (Å²) >= 11 is 0. The standard InChI is InChI=1S/C18H15N5O3/c1-26-17-5-3-2-4-14(17)12-21-22-18-19-10-15(11-20-18)13-6-8-16(9-7-13)23(24)25/h2-12H,1H3,(H,19,20,22)/b21-12+. The monoisotopic (exact) mass is 349 g/mol. The number of nitrogens with zero attached hydrogens (tertiary/aromatic N) is 4. The molecule has 2 aromatic carbocycles. The number of nitro groups is 1. The molecule has 0 aliphatic rings. The van der Waals surface area contributed by atoms with E-state index < -0.39 is 4.92 Å². The molecule has 0 spiro atoms. The Morgan fingerprint density at radius 1 is 1.08 bits per heavy atom. The summed E-state index contributed by atoms with van der Waals surface area (Å²) in [7, 11) is 1.60. The van der Waals surface area contributed by atoms with Crippen LogP contribution < -0.4 is 10.2 Å². The maximum absolute atomic E-state index is 10.7. The van der Waals surface area contributed by atoms with Gasteiger partial charge in [0.25, 0.3) is 5.69 Å². The lowest BCUT2D eigenvalue weighted by Gasteiger charge is -2.04. The quantitative estimate of drug-likeness (QED) is 0.415. The van der Waals surface area contributed by atoms with Crippen molar-refractivity contribution in [3.05, 3.63) is 76.6 Å². The number of hydrogen-bond donors (Lipinski definition) is 1. The van der Waals surface area contributed by atoms with Gasteiger partial charge in [0, 0.05) is 35.7 Å². The number of nitro benzene ring substituents is 1. The van der Waals surface area contributed by atoms with Gasteiger partial charge in [-0.05, 0) is 29.8 Å². The van der Waals surface area contributed by atoms with E-state index in [0.29, 0.717) is 11.7 Å². The number of methoxy groups -OCH3 is 1. The highest BCUT2D eigenvalue weighted by molar-refractivity contribution is 5.83. The first-order valence-electron chi connectivity index (χ1n) is 7.66. The first kappa shape index (κ1) is 17.0. The molecule has 1 N–H and O–H groups in total. The zero-order chi connectivity index (χ0) is 18.4. The highest BCUT2D eigenvalue weighted by Crippen LogP contribution is 2.21. The van der Waals surface area contributed by atoms with Gasteiger partial charge in [-0.25, -0.2) is 15.4 Å². The van der Waals surface area contributed by atoms with E-state index >= 15 is 0 Å². The Hall–Kier alpha value is -3.81. The molecular weight excluding hydrogens is 334 g/mol. The summed E-state index contributed by atoms with van der Waals surface area (Å²) in [6.07, 6.45) is 4.86. The van der Waals surface area contributed by atoms with Crippen LogP contribution >= 0.6 is 0 Å². The molecule has 0 saturated heterocycles. The molecule has 8 heteroatoms. The molecule has 0 atom stereocenters. The van der Waals surface area contributed by atoms with Crippen LogP contribution in [0.3, 0.4) is 0 Å². The molecule has 130 valence electrons. The third kappa shape index (κ3) is 3.99. The van der Waals surface area contributed by atoms with Crippen LogP contribution in [0.25, 0.3) is 11.1 Å². The lowest BCUT2D eigenvalue weighted by molar-refractivity contribution is -0.384. The number of benzene rings is 2. The van der Waals surface area contributed by atoms with Crippen molar-refractivity contribution < 1.29 is 9.66 Å². The number of para-hydroxylation sites is 1. The Kier molecular flexibility index (Phi) is 5.14. The Bertz CT molecular complexity index is 924. The number of ether oxygens (including phenoxy) is 1. The van der Waals surface area contributed by atoms with Crippen LogP contribution in [0, 0.1) is 10.1 Å². The average molecular weight is 349 g/mol. The number of non-ortho nitro benzene ring substituents is 1. The molecule has 1 heterocycles. The van der Waals surface area contributed by atoms with Crippen LogP contribution in [-0.4, -0.2) is 28.2 Å². The van der Waals surface area contributed by atoms with Crippen molar-refractivity contribution in [3.63, 3.8) is 0 Å². The molecule has 3 aromatic rings. The third-order valence-corrected chi connectivity index (χ3v) is 3.57. The molecule has 0 aliphatic heterocycles. The van der Waals surface area contributed by atoms with E-state index in [0.717, 1.165) is 16.7 Å². The zero-order valence-electron chi connectivity index (χ0n) is 13.9. The second-order valence-corrected chi connectivity index (χ2v) is 5.21. The van der Waals surface area contributed by atoms with E-state index in [2.05, 4.69) is 20.5 Å². The van der Waals surface area contributed by atoms with Crippen LogP contribution in [0.1, 0.15) is 5.56 Å². The van der Waals surface area contributed by atoms with Crippen LogP contribution in [0.4, 0.5) is 11.6 Å². The number of aromatic nitrogens is 2. The highest BCUT2D eigenvalue weighted by Gasteiger charge is 2.06. The van der Waals surface area contributed by atoms with Crippen molar-refractivity contribution >= 4 is 17.9 Å². The molecule has 3 rings (SSSR count). The fraction of sp³-hybridized carbons (Fsp3) is 0.0556. The molecule has 1 aromatic heterocycles. The van der Waals surface area contributed by atoms with Crippen molar-refractivity contribution in [2.75, 3.05) is 12.5 Å². The molecule has 0 aliphatic carbocycles. The van der Waals surface area contributed by atoms with Gasteiger partial charge in [-0.15, -0.1) is 0 Å². The van der Waals surface area contributed by atoms with E-state index in [1.807, 2.05) is 24.3 Å². The molecule has 0 bridgehead atoms. The molecular formula is C18H15N5O3. The van der Waals surface area contributed by atoms with Gasteiger partial charge in [-0.3, -0.25) is 10.1 Å². The Labute approximate surface area is 149 Å². The summed E-state index contributed by atoms with van der Waals surface area (Å²) < 4.78 is 5.24. The van der Waals surface area contributed by atoms with Gasteiger partial charge in [-0.2, -0.15) is 5.10 Å². The smallest absolute Gasteiger partial charge is 0.269 e. The predicted octanol–water partition coefficient (Wildman–Crippen LogP) is 3.51. The second kappa shape index (κ2) is 7.84. The summed E-state index contributed by atoms with van der Waals surface area (Å²) in [5.41, 5.74) is 5.15. The Balaban J connectivity index is 1.68. The minimum atomic E-state index is -0.437. The molecule has 0 fully saturated rings. The van der Waals surface area contributed by atoms with Crippen LogP contribution in [0.5, 0.6) is 5.75 Å². The summed E-state index contributed by atoms with van der Waals surface area (Å²) in [4.78, 5) is 18.6. The number of anilines is 1. The first-order chi connectivity index (χ1) is 12.7. The Morgan fingerprint density at radius 2 is 1.77 bits per heavy atom. The van der Waals surface area contributed by atoms with Gasteiger partial charge >= 0.3 is 0 Å². The van der Waals surface area contributed by atoms with Crippen molar-refractivity contribution in [1.29, 1.82) is 0 Å². The SMILES string of the molecule is COc1ccccc1/C=N/Nc1ncc(-c2ccc([N+](=O)[O-])cc2)cn1. The van der Waals surface area contributed by atoms with Gasteiger partial charge in [0.05, 0.1) is 18.2 Å². The summed E-state index contributed by atoms with van der Waals surface area (Å²) in [6.45, 7) is 0. The van der Waals surface area contributed by atoms with E-state index in [1.54, 1.807) is 37.9 Å². The second-order valence-electron chi connectivity index (χ2n) is 5.21. The van der Waals surface area contributed by atoms with Gasteiger partial charge in [0.1, 0.15) is 5.75 Å². The van der Waals surface area contributed by atoms with Crippen LogP contribution in [0.2, 0.25) is 0 Å². The maximum atomic E-state index is 10.7. The zero-order valence-corrected chi connectivity index (χ0v) is 13.9. The molecule has 0 radical (unpaired) electrons. The van der Waals surface area contributed by atoms with Crippen molar-refractivity contribution in [3.8, 4) is 16.9 Å². The van der Waals surface area contributed by atoms with Crippen LogP contribution in [-0.2, 0) is 0 Å². The average Bonchev–Trinajstić information content (AvgIpc) is 2.69. The minimum Gasteiger partial charge on any atom is -0.496 e. The molecule has 0 saturated carbocycles. The maximum Gasteiger partial charge on any atom is 0.269 e. The lowest BCUT2D eigenvalue weighted by atomic mass is 10.1. The fourth-order valence-corrected chi connectivity index (χ4v) is 2.24. The van der Waals surface area contributed by atoms with E-state index in [9.17, 15) is 10.1 Å². The molecule has 26 heavy (non-hydrogen) atoms. The van der Waals surface area contributed by atoms with E-state index in [-0.39, 0.29) is 5.69 Å². The highest BCUT2D eigenvalue weighted by atomic mass is 16.6. The predicted molar refractivity (Wildman–Crippen MR) is 98.3 cm³/mol. The normalized spacial score (nSPS) is 10.7. The van der Waals surface area contributed by atoms with Gasteiger partial charge in [-0.1, -0.05) is 12.1 Å². The van der Waals surface area contributed by atoms with E-state index in [1.165, 1.54) is 12.1 Å². The number of rotatable bonds is 6. The summed E-state index contributed by atoms with van der Waals surface area (Å²) in [5.74, 6) is 1.05. The van der Waals surface area contributed by atoms with Gasteiger partial charge in [0.15, 0.2) is 0 Å². The van der Waals surface area contributed by atoms with Gasteiger partial charge in [0.2, 0.25) is 5.95 Å². The molecule has 8 nitrogen and oxygen atoms in total. The van der Waals surface area contributed by atoms with Crippen molar-refractivity contribution in [2.24, 2.45) is 5.10 Å². The van der Waals surface area contributed by atoms with Gasteiger partial charge < -0.3 is 4.74 Å². The third-order valence-electron chi connectivity index (χ3n) is 3.57. The molecule has 0 amide bonds. The largest absolute Gasteiger partial charge is 0.496 e. The number of hydrazone groups is 1. The first-order valence-corrected chi connectivity index (χ1v) is 7.66. The van der Waals surface area contributed by atoms with Crippen molar-refractivity contribution in [1.82, 2.24) is 9.97 Å². The number of nitrogens with one attached hydrogen (secondary N) is 1. The van der Waals surface area contributed by atoms with Crippen molar-refractivity contribution in [2.45, 2.75) is 0 Å². The summed E-state index contributed by atoms with van der Waals surface area (Å²) in [6, 6.07) is 13.7.